The number of carbonyl (C=O) groups excluding carboxylic acids is 1. The number of nitrogens with two attached hydrogens (primary N) is 1. The lowest BCUT2D eigenvalue weighted by Crippen LogP contribution is -2.25. The van der Waals surface area contributed by atoms with Gasteiger partial charge in [0.05, 0.1) is 16.7 Å². The van der Waals surface area contributed by atoms with Crippen molar-refractivity contribution in [1.82, 2.24) is 4.98 Å². The van der Waals surface area contributed by atoms with Crippen molar-refractivity contribution < 1.29 is 9.53 Å². The Kier molecular flexibility index (Phi) is 5.62. The molecule has 1 heterocycles. The topological polar surface area (TPSA) is 65.2 Å². The molecule has 0 radical (unpaired) electrons. The molecule has 5 heteroatoms. The van der Waals surface area contributed by atoms with E-state index in [-0.39, 0.29) is 17.0 Å². The SMILES string of the molecule is CC(C)(C)OC(=O)CSC(CN)c1ccccn1. The van der Waals surface area contributed by atoms with Gasteiger partial charge in [0.2, 0.25) is 0 Å². The van der Waals surface area contributed by atoms with E-state index in [0.717, 1.165) is 5.69 Å². The summed E-state index contributed by atoms with van der Waals surface area (Å²) in [5, 5.41) is 0.0266. The second-order valence-electron chi connectivity index (χ2n) is 4.88. The number of thioether (sulfide) groups is 1. The summed E-state index contributed by atoms with van der Waals surface area (Å²) < 4.78 is 5.25. The fourth-order valence-corrected chi connectivity index (χ4v) is 2.22. The molecule has 2 N–H and O–H groups in total. The van der Waals surface area contributed by atoms with Crippen molar-refractivity contribution in [1.29, 1.82) is 0 Å². The Balaban J connectivity index is 2.48. The van der Waals surface area contributed by atoms with E-state index in [1.165, 1.54) is 11.8 Å². The highest BCUT2D eigenvalue weighted by Crippen LogP contribution is 2.26. The Labute approximate surface area is 112 Å². The monoisotopic (exact) mass is 268 g/mol. The third kappa shape index (κ3) is 5.51. The van der Waals surface area contributed by atoms with Crippen LogP contribution in [0, 0.1) is 0 Å². The van der Waals surface area contributed by atoms with Crippen LogP contribution in [-0.4, -0.2) is 28.9 Å². The van der Waals surface area contributed by atoms with Gasteiger partial charge in [0.1, 0.15) is 5.60 Å². The molecule has 1 aromatic rings. The summed E-state index contributed by atoms with van der Waals surface area (Å²) in [5.41, 5.74) is 6.16. The molecule has 1 unspecified atom stereocenters. The van der Waals surface area contributed by atoms with E-state index < -0.39 is 5.60 Å². The fourth-order valence-electron chi connectivity index (χ4n) is 1.38. The minimum Gasteiger partial charge on any atom is -0.459 e. The standard InChI is InChI=1S/C13H20N2O2S/c1-13(2,3)17-12(16)9-18-11(8-14)10-6-4-5-7-15-10/h4-7,11H,8-9,14H2,1-3H3. The number of rotatable bonds is 5. The van der Waals surface area contributed by atoms with E-state index in [0.29, 0.717) is 6.54 Å². The molecule has 0 spiro atoms. The largest absolute Gasteiger partial charge is 0.459 e. The molecule has 100 valence electrons. The van der Waals surface area contributed by atoms with Gasteiger partial charge in [0.15, 0.2) is 0 Å². The Morgan fingerprint density at radius 3 is 2.72 bits per heavy atom. The van der Waals surface area contributed by atoms with Crippen molar-refractivity contribution in [3.8, 4) is 0 Å². The van der Waals surface area contributed by atoms with Gasteiger partial charge in [0.25, 0.3) is 0 Å². The van der Waals surface area contributed by atoms with Crippen LogP contribution < -0.4 is 5.73 Å². The number of nitrogens with zero attached hydrogens (tertiary/aromatic N) is 1. The van der Waals surface area contributed by atoms with Crippen LogP contribution in [0.25, 0.3) is 0 Å². The molecule has 0 aliphatic heterocycles. The van der Waals surface area contributed by atoms with E-state index in [1.807, 2.05) is 39.0 Å². The predicted octanol–water partition coefficient (Wildman–Crippen LogP) is 2.16. The number of pyridine rings is 1. The van der Waals surface area contributed by atoms with Gasteiger partial charge in [-0.25, -0.2) is 0 Å². The quantitative estimate of drug-likeness (QED) is 0.829. The summed E-state index contributed by atoms with van der Waals surface area (Å²) in [6, 6.07) is 5.69. The van der Waals surface area contributed by atoms with Crippen molar-refractivity contribution in [2.75, 3.05) is 12.3 Å². The smallest absolute Gasteiger partial charge is 0.316 e. The predicted molar refractivity (Wildman–Crippen MR) is 74.3 cm³/mol. The first-order valence-electron chi connectivity index (χ1n) is 5.87. The molecule has 1 rings (SSSR count). The summed E-state index contributed by atoms with van der Waals surface area (Å²) in [4.78, 5) is 15.9. The summed E-state index contributed by atoms with van der Waals surface area (Å²) in [5.74, 6) is 0.0669. The molecule has 0 saturated carbocycles. The Morgan fingerprint density at radius 1 is 1.50 bits per heavy atom. The van der Waals surface area contributed by atoms with Crippen LogP contribution in [0.15, 0.2) is 24.4 Å². The highest BCUT2D eigenvalue weighted by atomic mass is 32.2. The lowest BCUT2D eigenvalue weighted by atomic mass is 10.2. The number of hydrogen-bond donors (Lipinski definition) is 1. The van der Waals surface area contributed by atoms with Crippen LogP contribution in [-0.2, 0) is 9.53 Å². The molecule has 0 aromatic carbocycles. The zero-order valence-electron chi connectivity index (χ0n) is 11.1. The highest BCUT2D eigenvalue weighted by Gasteiger charge is 2.19. The summed E-state index contributed by atoms with van der Waals surface area (Å²) >= 11 is 1.46. The third-order valence-corrected chi connectivity index (χ3v) is 3.29. The summed E-state index contributed by atoms with van der Waals surface area (Å²) in [6.07, 6.45) is 1.73. The van der Waals surface area contributed by atoms with Crippen molar-refractivity contribution in [3.05, 3.63) is 30.1 Å². The van der Waals surface area contributed by atoms with E-state index in [9.17, 15) is 4.79 Å². The number of carbonyl (C=O) groups is 1. The van der Waals surface area contributed by atoms with Crippen molar-refractivity contribution in [2.24, 2.45) is 5.73 Å². The normalized spacial score (nSPS) is 13.1. The van der Waals surface area contributed by atoms with E-state index >= 15 is 0 Å². The lowest BCUT2D eigenvalue weighted by molar-refractivity contribution is -0.151. The van der Waals surface area contributed by atoms with Crippen LogP contribution in [0.2, 0.25) is 0 Å². The van der Waals surface area contributed by atoms with Crippen LogP contribution in [0.3, 0.4) is 0 Å². The van der Waals surface area contributed by atoms with E-state index in [4.69, 9.17) is 10.5 Å². The first-order valence-corrected chi connectivity index (χ1v) is 6.91. The number of esters is 1. The fraction of sp³-hybridized carbons (Fsp3) is 0.538. The van der Waals surface area contributed by atoms with Crippen LogP contribution in [0.1, 0.15) is 31.7 Å². The second kappa shape index (κ2) is 6.75. The Morgan fingerprint density at radius 2 is 2.22 bits per heavy atom. The molecule has 0 aliphatic carbocycles. The molecule has 1 atom stereocenters. The minimum absolute atomic E-state index is 0.0266. The molecule has 1 aromatic heterocycles. The van der Waals surface area contributed by atoms with E-state index in [1.54, 1.807) is 6.20 Å². The molecule has 0 fully saturated rings. The number of hydrogen-bond acceptors (Lipinski definition) is 5. The third-order valence-electron chi connectivity index (χ3n) is 2.05. The molecule has 18 heavy (non-hydrogen) atoms. The van der Waals surface area contributed by atoms with Crippen LogP contribution >= 0.6 is 11.8 Å². The molecular weight excluding hydrogens is 248 g/mol. The van der Waals surface area contributed by atoms with Gasteiger partial charge in [-0.2, -0.15) is 0 Å². The van der Waals surface area contributed by atoms with Gasteiger partial charge in [-0.05, 0) is 32.9 Å². The molecule has 0 aliphatic rings. The van der Waals surface area contributed by atoms with Gasteiger partial charge < -0.3 is 10.5 Å². The van der Waals surface area contributed by atoms with Gasteiger partial charge in [-0.3, -0.25) is 9.78 Å². The molecule has 0 bridgehead atoms. The summed E-state index contributed by atoms with van der Waals surface area (Å²) in [6.45, 7) is 6.02. The Hall–Kier alpha value is -1.07. The maximum atomic E-state index is 11.6. The molecule has 0 amide bonds. The van der Waals surface area contributed by atoms with E-state index in [2.05, 4.69) is 4.98 Å². The lowest BCUT2D eigenvalue weighted by Gasteiger charge is -2.20. The van der Waals surface area contributed by atoms with Gasteiger partial charge >= 0.3 is 5.97 Å². The minimum atomic E-state index is -0.444. The number of aromatic nitrogens is 1. The first kappa shape index (κ1) is 15.0. The average Bonchev–Trinajstić information content (AvgIpc) is 2.29. The highest BCUT2D eigenvalue weighted by molar-refractivity contribution is 8.00. The summed E-state index contributed by atoms with van der Waals surface area (Å²) in [7, 11) is 0. The van der Waals surface area contributed by atoms with Crippen molar-refractivity contribution in [3.63, 3.8) is 0 Å². The zero-order chi connectivity index (χ0) is 13.6. The van der Waals surface area contributed by atoms with Gasteiger partial charge in [-0.1, -0.05) is 6.07 Å². The van der Waals surface area contributed by atoms with Crippen molar-refractivity contribution in [2.45, 2.75) is 31.6 Å². The maximum absolute atomic E-state index is 11.6. The average molecular weight is 268 g/mol. The first-order chi connectivity index (χ1) is 8.42. The molecular formula is C13H20N2O2S. The van der Waals surface area contributed by atoms with Gasteiger partial charge in [-0.15, -0.1) is 11.8 Å². The van der Waals surface area contributed by atoms with Gasteiger partial charge in [0, 0.05) is 12.7 Å². The van der Waals surface area contributed by atoms with Crippen molar-refractivity contribution >= 4 is 17.7 Å². The van der Waals surface area contributed by atoms with Crippen LogP contribution in [0.4, 0.5) is 0 Å². The number of ether oxygens (including phenoxy) is 1. The molecule has 0 saturated heterocycles. The molecule has 4 nitrogen and oxygen atoms in total. The maximum Gasteiger partial charge on any atom is 0.316 e. The zero-order valence-corrected chi connectivity index (χ0v) is 11.9. The Bertz CT molecular complexity index is 376. The second-order valence-corrected chi connectivity index (χ2v) is 6.07. The van der Waals surface area contributed by atoms with Crippen LogP contribution in [0.5, 0.6) is 0 Å².